The van der Waals surface area contributed by atoms with Crippen molar-refractivity contribution < 1.29 is 33.2 Å². The third-order valence-electron chi connectivity index (χ3n) is 6.86. The van der Waals surface area contributed by atoms with Gasteiger partial charge in [-0.2, -0.15) is 0 Å². The zero-order valence-corrected chi connectivity index (χ0v) is 17.2. The summed E-state index contributed by atoms with van der Waals surface area (Å²) in [6, 6.07) is 0. The minimum absolute atomic E-state index is 0.0400. The zero-order valence-electron chi connectivity index (χ0n) is 17.2. The van der Waals surface area contributed by atoms with Crippen molar-refractivity contribution in [1.29, 1.82) is 0 Å². The Balaban J connectivity index is 1.42. The van der Waals surface area contributed by atoms with Crippen molar-refractivity contribution in [2.75, 3.05) is 13.2 Å². The number of fused-ring (bicyclic) bond motifs is 2. The van der Waals surface area contributed by atoms with E-state index in [1.807, 2.05) is 13.8 Å². The Morgan fingerprint density at radius 2 is 0.963 bits per heavy atom. The predicted molar refractivity (Wildman–Crippen MR) is 95.6 cm³/mol. The van der Waals surface area contributed by atoms with Crippen LogP contribution in [0.25, 0.3) is 0 Å². The molecule has 0 bridgehead atoms. The first kappa shape index (κ1) is 20.0. The molecule has 2 unspecified atom stereocenters. The van der Waals surface area contributed by atoms with Crippen LogP contribution in [0.5, 0.6) is 0 Å². The van der Waals surface area contributed by atoms with Gasteiger partial charge in [-0.1, -0.05) is 27.7 Å². The Morgan fingerprint density at radius 1 is 0.556 bits per heavy atom. The van der Waals surface area contributed by atoms with Crippen LogP contribution >= 0.6 is 0 Å². The largest absolute Gasteiger partial charge is 0.350 e. The van der Waals surface area contributed by atoms with Crippen molar-refractivity contribution in [2.45, 2.75) is 91.1 Å². The van der Waals surface area contributed by atoms with Crippen LogP contribution in [0, 0.1) is 23.7 Å². The molecule has 27 heavy (non-hydrogen) atoms. The number of hydrogen-bond donors (Lipinski definition) is 0. The summed E-state index contributed by atoms with van der Waals surface area (Å²) in [5.74, 6) is 1.01. The lowest BCUT2D eigenvalue weighted by Gasteiger charge is -2.51. The first-order chi connectivity index (χ1) is 12.8. The van der Waals surface area contributed by atoms with Crippen molar-refractivity contribution in [3.63, 3.8) is 0 Å². The summed E-state index contributed by atoms with van der Waals surface area (Å²) < 4.78 is 42.0. The first-order valence-corrected chi connectivity index (χ1v) is 10.4. The van der Waals surface area contributed by atoms with Crippen molar-refractivity contribution in [3.05, 3.63) is 0 Å². The van der Waals surface area contributed by atoms with Gasteiger partial charge in [-0.25, -0.2) is 0 Å². The van der Waals surface area contributed by atoms with Gasteiger partial charge in [0.25, 0.3) is 0 Å². The van der Waals surface area contributed by atoms with E-state index in [4.69, 9.17) is 33.2 Å². The summed E-state index contributed by atoms with van der Waals surface area (Å²) in [5.41, 5.74) is 0. The molecule has 12 atom stereocenters. The molecule has 0 N–H and O–H groups in total. The van der Waals surface area contributed by atoms with Crippen LogP contribution in [0.1, 0.15) is 41.5 Å². The van der Waals surface area contributed by atoms with Gasteiger partial charge in [0.05, 0.1) is 25.4 Å². The van der Waals surface area contributed by atoms with Crippen molar-refractivity contribution in [3.8, 4) is 0 Å². The smallest absolute Gasteiger partial charge is 0.164 e. The van der Waals surface area contributed by atoms with Crippen LogP contribution < -0.4 is 0 Å². The van der Waals surface area contributed by atoms with E-state index in [9.17, 15) is 0 Å². The van der Waals surface area contributed by atoms with E-state index in [0.717, 1.165) is 0 Å². The zero-order chi connectivity index (χ0) is 19.3. The molecule has 0 aliphatic carbocycles. The fourth-order valence-electron chi connectivity index (χ4n) is 4.64. The normalized spacial score (nSPS) is 56.2. The summed E-state index contributed by atoms with van der Waals surface area (Å²) in [6.07, 6.45) is -1.20. The van der Waals surface area contributed by atoms with Crippen molar-refractivity contribution >= 4 is 0 Å². The highest BCUT2D eigenvalue weighted by atomic mass is 16.8. The molecule has 0 aromatic carbocycles. The van der Waals surface area contributed by atoms with Gasteiger partial charge in [0.1, 0.15) is 12.2 Å². The average Bonchev–Trinajstić information content (AvgIpc) is 2.65. The van der Waals surface area contributed by atoms with E-state index in [1.165, 1.54) is 0 Å². The van der Waals surface area contributed by atoms with E-state index in [0.29, 0.717) is 25.0 Å². The van der Waals surface area contributed by atoms with E-state index in [-0.39, 0.29) is 61.4 Å². The van der Waals surface area contributed by atoms with Gasteiger partial charge in [-0.15, -0.1) is 0 Å². The second-order valence-electron chi connectivity index (χ2n) is 8.66. The fraction of sp³-hybridized carbons (Fsp3) is 1.00. The lowest BCUT2D eigenvalue weighted by Crippen LogP contribution is -2.60. The van der Waals surface area contributed by atoms with Crippen LogP contribution in [0.3, 0.4) is 0 Å². The maximum absolute atomic E-state index is 6.38. The molecular weight excluding hydrogens is 352 g/mol. The Labute approximate surface area is 161 Å². The monoisotopic (exact) mass is 386 g/mol. The highest BCUT2D eigenvalue weighted by Crippen LogP contribution is 2.40. The number of hydrogen-bond acceptors (Lipinski definition) is 7. The molecule has 0 aromatic heterocycles. The summed E-state index contributed by atoms with van der Waals surface area (Å²) in [5, 5.41) is 0. The standard InChI is InChI=1S/C20H34O7/c1-9-11(3)19(25-15-7-21-13(5)23-17(9)15)27-20-12(4)10(2)18-16(26-20)8-22-14(6)24-18/h9-20H,7-8H2,1-6H3/t9-,10-,11-,12-,13?,14?,15-,16-,17+,18+,19-,20-/m1/s1. The first-order valence-electron chi connectivity index (χ1n) is 10.4. The van der Waals surface area contributed by atoms with E-state index in [2.05, 4.69) is 27.7 Å². The minimum Gasteiger partial charge on any atom is -0.350 e. The van der Waals surface area contributed by atoms with Gasteiger partial charge >= 0.3 is 0 Å². The summed E-state index contributed by atoms with van der Waals surface area (Å²) >= 11 is 0. The molecule has 4 aliphatic rings. The molecule has 4 fully saturated rings. The maximum atomic E-state index is 6.38. The molecule has 7 heteroatoms. The summed E-state index contributed by atoms with van der Waals surface area (Å²) in [6.45, 7) is 13.6. The second kappa shape index (κ2) is 7.86. The molecule has 0 amide bonds. The van der Waals surface area contributed by atoms with Gasteiger partial charge in [-0.05, 0) is 25.7 Å². The van der Waals surface area contributed by atoms with E-state index < -0.39 is 0 Å². The Morgan fingerprint density at radius 3 is 1.37 bits per heavy atom. The summed E-state index contributed by atoms with van der Waals surface area (Å²) in [4.78, 5) is 0. The topological polar surface area (TPSA) is 64.6 Å². The molecule has 4 aliphatic heterocycles. The predicted octanol–water partition coefficient (Wildman–Crippen LogP) is 2.52. The SMILES string of the molecule is CC1OC[C@H]2O[C@H](O[C@H]3O[C@@H]4COC(C)O[C@H]4[C@H](C)[C@H]3C)[C@H](C)[C@@H](C)[C@@H]2O1. The molecule has 4 saturated heterocycles. The van der Waals surface area contributed by atoms with Gasteiger partial charge in [0, 0.05) is 11.8 Å². The highest BCUT2D eigenvalue weighted by molar-refractivity contribution is 4.91. The van der Waals surface area contributed by atoms with Crippen LogP contribution in [0.2, 0.25) is 0 Å². The van der Waals surface area contributed by atoms with Gasteiger partial charge in [0.15, 0.2) is 25.2 Å². The number of ether oxygens (including phenoxy) is 7. The van der Waals surface area contributed by atoms with E-state index >= 15 is 0 Å². The molecule has 0 spiro atoms. The summed E-state index contributed by atoms with van der Waals surface area (Å²) in [7, 11) is 0. The third kappa shape index (κ3) is 3.80. The highest BCUT2D eigenvalue weighted by Gasteiger charge is 2.50. The lowest BCUT2D eigenvalue weighted by molar-refractivity contribution is -0.390. The van der Waals surface area contributed by atoms with Crippen LogP contribution in [-0.2, 0) is 33.2 Å². The Kier molecular flexibility index (Phi) is 5.82. The van der Waals surface area contributed by atoms with Crippen molar-refractivity contribution in [2.24, 2.45) is 23.7 Å². The third-order valence-corrected chi connectivity index (χ3v) is 6.86. The van der Waals surface area contributed by atoms with Gasteiger partial charge in [-0.3, -0.25) is 0 Å². The van der Waals surface area contributed by atoms with E-state index in [1.54, 1.807) is 0 Å². The lowest BCUT2D eigenvalue weighted by atomic mass is 9.83. The Bertz CT molecular complexity index is 469. The van der Waals surface area contributed by atoms with Crippen LogP contribution in [-0.4, -0.2) is 62.8 Å². The second-order valence-corrected chi connectivity index (χ2v) is 8.66. The molecule has 4 rings (SSSR count). The van der Waals surface area contributed by atoms with Crippen molar-refractivity contribution in [1.82, 2.24) is 0 Å². The minimum atomic E-state index is -0.345. The number of rotatable bonds is 2. The van der Waals surface area contributed by atoms with Gasteiger partial charge < -0.3 is 33.2 Å². The molecule has 0 aromatic rings. The molecule has 0 radical (unpaired) electrons. The Hall–Kier alpha value is -0.280. The van der Waals surface area contributed by atoms with Gasteiger partial charge in [0.2, 0.25) is 0 Å². The molecule has 0 saturated carbocycles. The van der Waals surface area contributed by atoms with Crippen LogP contribution in [0.15, 0.2) is 0 Å². The quantitative estimate of drug-likeness (QED) is 0.722. The maximum Gasteiger partial charge on any atom is 0.164 e. The molecular formula is C20H34O7. The fourth-order valence-corrected chi connectivity index (χ4v) is 4.64. The molecule has 156 valence electrons. The average molecular weight is 386 g/mol. The molecule has 4 heterocycles. The molecule has 7 nitrogen and oxygen atoms in total. The van der Waals surface area contributed by atoms with Crippen LogP contribution in [0.4, 0.5) is 0 Å².